The number of amides is 2. The highest BCUT2D eigenvalue weighted by molar-refractivity contribution is 5.74. The maximum absolute atomic E-state index is 12.7. The minimum Gasteiger partial charge on any atom is -0.474 e. The van der Waals surface area contributed by atoms with Gasteiger partial charge in [0, 0.05) is 31.9 Å². The van der Waals surface area contributed by atoms with Crippen LogP contribution in [0.25, 0.3) is 11.1 Å². The second-order valence-corrected chi connectivity index (χ2v) is 8.49. The zero-order valence-electron chi connectivity index (χ0n) is 17.6. The number of nitrogens with zero attached hydrogens (tertiary/aromatic N) is 3. The van der Waals surface area contributed by atoms with Crippen molar-refractivity contribution < 1.29 is 13.9 Å². The van der Waals surface area contributed by atoms with E-state index in [0.29, 0.717) is 25.1 Å². The number of para-hydroxylation sites is 2. The largest absolute Gasteiger partial charge is 0.474 e. The average molecular weight is 421 g/mol. The van der Waals surface area contributed by atoms with Gasteiger partial charge in [-0.15, -0.1) is 0 Å². The Balaban J connectivity index is 1.14. The summed E-state index contributed by atoms with van der Waals surface area (Å²) in [5.74, 6) is 1.51. The number of oxazole rings is 1. The van der Waals surface area contributed by atoms with E-state index in [4.69, 9.17) is 9.15 Å². The van der Waals surface area contributed by atoms with Crippen LogP contribution in [-0.4, -0.2) is 40.1 Å². The molecule has 3 aromatic rings. The smallest absolute Gasteiger partial charge is 0.317 e. The van der Waals surface area contributed by atoms with Gasteiger partial charge in [-0.1, -0.05) is 18.2 Å². The molecule has 0 spiro atoms. The van der Waals surface area contributed by atoms with E-state index in [9.17, 15) is 4.79 Å². The fraction of sp³-hybridized carbons (Fsp3) is 0.458. The molecule has 7 nitrogen and oxygen atoms in total. The molecule has 0 radical (unpaired) electrons. The number of rotatable bonds is 5. The first-order valence-electron chi connectivity index (χ1n) is 11.2. The van der Waals surface area contributed by atoms with E-state index in [1.807, 2.05) is 41.3 Å². The summed E-state index contributed by atoms with van der Waals surface area (Å²) in [6.45, 7) is 1.81. The summed E-state index contributed by atoms with van der Waals surface area (Å²) in [7, 11) is 0. The van der Waals surface area contributed by atoms with Crippen molar-refractivity contribution in [2.24, 2.45) is 0 Å². The quantitative estimate of drug-likeness (QED) is 0.651. The zero-order chi connectivity index (χ0) is 21.0. The van der Waals surface area contributed by atoms with Crippen LogP contribution in [0.3, 0.4) is 0 Å². The van der Waals surface area contributed by atoms with Crippen LogP contribution in [0.1, 0.15) is 55.9 Å². The lowest BCUT2D eigenvalue weighted by Crippen LogP contribution is -2.44. The molecule has 1 saturated heterocycles. The first-order chi connectivity index (χ1) is 15.2. The van der Waals surface area contributed by atoms with Crippen molar-refractivity contribution in [1.82, 2.24) is 20.2 Å². The van der Waals surface area contributed by atoms with Crippen LogP contribution >= 0.6 is 0 Å². The molecule has 1 unspecified atom stereocenters. The molecule has 2 aromatic heterocycles. The van der Waals surface area contributed by atoms with Crippen LogP contribution in [0.4, 0.5) is 4.79 Å². The van der Waals surface area contributed by atoms with Gasteiger partial charge in [0.2, 0.25) is 5.88 Å². The summed E-state index contributed by atoms with van der Waals surface area (Å²) in [5.41, 5.74) is 2.62. The third-order valence-corrected chi connectivity index (χ3v) is 6.20. The summed E-state index contributed by atoms with van der Waals surface area (Å²) >= 11 is 0. The number of pyridine rings is 1. The van der Waals surface area contributed by atoms with E-state index in [1.54, 1.807) is 6.20 Å². The van der Waals surface area contributed by atoms with Gasteiger partial charge >= 0.3 is 6.03 Å². The van der Waals surface area contributed by atoms with Crippen LogP contribution in [0.15, 0.2) is 47.0 Å². The Kier molecular flexibility index (Phi) is 5.74. The predicted molar refractivity (Wildman–Crippen MR) is 117 cm³/mol. The van der Waals surface area contributed by atoms with Gasteiger partial charge < -0.3 is 19.4 Å². The second-order valence-electron chi connectivity index (χ2n) is 8.49. The number of likely N-dealkylation sites (tertiary alicyclic amines) is 1. The molecule has 2 aliphatic rings. The van der Waals surface area contributed by atoms with E-state index >= 15 is 0 Å². The predicted octanol–water partition coefficient (Wildman–Crippen LogP) is 4.63. The van der Waals surface area contributed by atoms with E-state index in [-0.39, 0.29) is 11.9 Å². The average Bonchev–Trinajstić information content (AvgIpc) is 3.48. The number of ether oxygens (including phenoxy) is 1. The molecule has 7 heteroatoms. The standard InChI is InChI=1S/C24H28N4O3/c29-24(26-15-17-11-12-22(25-14-17)30-19-7-1-2-8-19)28-13-5-6-18(16-28)23-27-20-9-3-4-10-21(20)31-23/h3-4,9-12,14,18-19H,1-2,5-8,13,15-16H2,(H,26,29). The third kappa shape index (κ3) is 4.65. The highest BCUT2D eigenvalue weighted by atomic mass is 16.5. The van der Waals surface area contributed by atoms with Crippen LogP contribution in [0.2, 0.25) is 0 Å². The Morgan fingerprint density at radius 3 is 2.81 bits per heavy atom. The van der Waals surface area contributed by atoms with Gasteiger partial charge in [-0.25, -0.2) is 14.8 Å². The molecular weight excluding hydrogens is 392 g/mol. The van der Waals surface area contributed by atoms with Gasteiger partial charge in [-0.3, -0.25) is 0 Å². The summed E-state index contributed by atoms with van der Waals surface area (Å²) < 4.78 is 11.8. The molecule has 1 saturated carbocycles. The van der Waals surface area contributed by atoms with Crippen molar-refractivity contribution in [3.8, 4) is 5.88 Å². The van der Waals surface area contributed by atoms with Crippen molar-refractivity contribution in [2.75, 3.05) is 13.1 Å². The second kappa shape index (κ2) is 8.96. The molecule has 2 amide bonds. The number of urea groups is 1. The minimum atomic E-state index is -0.0629. The number of carbonyl (C=O) groups excluding carboxylic acids is 1. The molecule has 1 aromatic carbocycles. The number of piperidine rings is 1. The fourth-order valence-corrected chi connectivity index (χ4v) is 4.48. The van der Waals surface area contributed by atoms with Gasteiger partial charge in [0.1, 0.15) is 11.6 Å². The van der Waals surface area contributed by atoms with Crippen molar-refractivity contribution in [1.29, 1.82) is 0 Å². The first-order valence-corrected chi connectivity index (χ1v) is 11.2. The SMILES string of the molecule is O=C(NCc1ccc(OC2CCCC2)nc1)N1CCCC(c2nc3ccccc3o2)C1. The molecule has 1 aliphatic carbocycles. The van der Waals surface area contributed by atoms with Gasteiger partial charge in [-0.2, -0.15) is 0 Å². The van der Waals surface area contributed by atoms with Gasteiger partial charge in [0.15, 0.2) is 11.5 Å². The van der Waals surface area contributed by atoms with Crippen LogP contribution in [0.5, 0.6) is 5.88 Å². The first kappa shape index (κ1) is 19.8. The molecule has 31 heavy (non-hydrogen) atoms. The Hall–Kier alpha value is -3.09. The maximum Gasteiger partial charge on any atom is 0.317 e. The van der Waals surface area contributed by atoms with E-state index in [0.717, 1.165) is 54.8 Å². The zero-order valence-corrected chi connectivity index (χ0v) is 17.6. The molecule has 0 bridgehead atoms. The molecule has 1 atom stereocenters. The number of nitrogens with one attached hydrogen (secondary N) is 1. The summed E-state index contributed by atoms with van der Waals surface area (Å²) in [6.07, 6.45) is 8.68. The fourth-order valence-electron chi connectivity index (χ4n) is 4.48. The topological polar surface area (TPSA) is 80.5 Å². The van der Waals surface area contributed by atoms with Crippen LogP contribution in [0, 0.1) is 0 Å². The summed E-state index contributed by atoms with van der Waals surface area (Å²) in [6, 6.07) is 11.6. The maximum atomic E-state index is 12.7. The van der Waals surface area contributed by atoms with E-state index in [2.05, 4.69) is 15.3 Å². The molecular formula is C24H28N4O3. The summed E-state index contributed by atoms with van der Waals surface area (Å²) in [4.78, 5) is 23.6. The Labute approximate surface area is 181 Å². The normalized spacial score (nSPS) is 19.6. The number of benzene rings is 1. The van der Waals surface area contributed by atoms with Crippen molar-refractivity contribution in [2.45, 2.75) is 57.1 Å². The van der Waals surface area contributed by atoms with Crippen molar-refractivity contribution in [3.63, 3.8) is 0 Å². The monoisotopic (exact) mass is 420 g/mol. The van der Waals surface area contributed by atoms with E-state index < -0.39 is 0 Å². The van der Waals surface area contributed by atoms with Crippen molar-refractivity contribution >= 4 is 17.1 Å². The highest BCUT2D eigenvalue weighted by Gasteiger charge is 2.28. The third-order valence-electron chi connectivity index (χ3n) is 6.20. The lowest BCUT2D eigenvalue weighted by Gasteiger charge is -2.31. The molecule has 5 rings (SSSR count). The molecule has 162 valence electrons. The number of aromatic nitrogens is 2. The van der Waals surface area contributed by atoms with Crippen molar-refractivity contribution in [3.05, 3.63) is 54.0 Å². The number of hydrogen-bond donors (Lipinski definition) is 1. The lowest BCUT2D eigenvalue weighted by molar-refractivity contribution is 0.174. The highest BCUT2D eigenvalue weighted by Crippen LogP contribution is 2.29. The minimum absolute atomic E-state index is 0.0629. The van der Waals surface area contributed by atoms with Crippen LogP contribution < -0.4 is 10.1 Å². The van der Waals surface area contributed by atoms with Gasteiger partial charge in [0.05, 0.1) is 5.92 Å². The molecule has 2 fully saturated rings. The number of carbonyl (C=O) groups is 1. The molecule has 1 N–H and O–H groups in total. The number of fused-ring (bicyclic) bond motifs is 1. The van der Waals surface area contributed by atoms with Gasteiger partial charge in [0.25, 0.3) is 0 Å². The van der Waals surface area contributed by atoms with Gasteiger partial charge in [-0.05, 0) is 56.2 Å². The Bertz CT molecular complexity index is 994. The number of hydrogen-bond acceptors (Lipinski definition) is 5. The Morgan fingerprint density at radius 1 is 1.13 bits per heavy atom. The lowest BCUT2D eigenvalue weighted by atomic mass is 9.98. The molecule has 3 heterocycles. The van der Waals surface area contributed by atoms with Crippen LogP contribution in [-0.2, 0) is 6.54 Å². The Morgan fingerprint density at radius 2 is 2.00 bits per heavy atom. The van der Waals surface area contributed by atoms with E-state index in [1.165, 1.54) is 12.8 Å². The molecule has 1 aliphatic heterocycles. The summed E-state index contributed by atoms with van der Waals surface area (Å²) in [5, 5.41) is 3.02.